The third-order valence-electron chi connectivity index (χ3n) is 3.99. The molecule has 35 heavy (non-hydrogen) atoms. The molecule has 0 N–H and O–H groups in total. The third kappa shape index (κ3) is 4.41. The van der Waals surface area contributed by atoms with Crippen LogP contribution in [0.5, 0.6) is 0 Å². The van der Waals surface area contributed by atoms with Crippen molar-refractivity contribution in [3.8, 4) is 0 Å². The normalized spacial score (nSPS) is 16.8. The van der Waals surface area contributed by atoms with E-state index in [9.17, 15) is 101 Å². The van der Waals surface area contributed by atoms with Gasteiger partial charge in [0.25, 0.3) is 0 Å². The molecule has 0 bridgehead atoms. The Bertz CT molecular complexity index is 753. The Morgan fingerprint density at radius 1 is 0.343 bits per heavy atom. The summed E-state index contributed by atoms with van der Waals surface area (Å²) in [5.74, 6) is -74.6. The van der Waals surface area contributed by atoms with Crippen LogP contribution in [0.1, 0.15) is 6.42 Å². The molecule has 0 unspecified atom stereocenters. The molecular formula is C12H3F23. The molecule has 0 heterocycles. The van der Waals surface area contributed by atoms with E-state index in [0.29, 0.717) is 0 Å². The van der Waals surface area contributed by atoms with E-state index in [4.69, 9.17) is 0 Å². The molecule has 0 amide bonds. The van der Waals surface area contributed by atoms with E-state index in [2.05, 4.69) is 0 Å². The molecule has 0 aromatic rings. The molecule has 0 fully saturated rings. The van der Waals surface area contributed by atoms with Crippen molar-refractivity contribution in [3.05, 3.63) is 0 Å². The predicted molar refractivity (Wildman–Crippen MR) is 61.2 cm³/mol. The zero-order chi connectivity index (χ0) is 29.3. The molecule has 23 heteroatoms. The maximum atomic E-state index is 13.3. The van der Waals surface area contributed by atoms with Crippen LogP contribution in [0.4, 0.5) is 101 Å². The Hall–Kier alpha value is -1.61. The summed E-state index contributed by atoms with van der Waals surface area (Å²) in [6.45, 7) is 0. The number of hydrogen-bond donors (Lipinski definition) is 0. The quantitative estimate of drug-likeness (QED) is 0.229. The zero-order valence-corrected chi connectivity index (χ0v) is 15.0. The van der Waals surface area contributed by atoms with Crippen LogP contribution in [0.2, 0.25) is 0 Å². The van der Waals surface area contributed by atoms with Crippen LogP contribution >= 0.6 is 0 Å². The summed E-state index contributed by atoms with van der Waals surface area (Å²) in [5.41, 5.74) is 0. The van der Waals surface area contributed by atoms with Gasteiger partial charge in [0.1, 0.15) is 0 Å². The minimum atomic E-state index is -8.80. The first-order chi connectivity index (χ1) is 14.7. The lowest BCUT2D eigenvalue weighted by atomic mass is 9.88. The minimum Gasteiger partial charge on any atom is -0.203 e. The van der Waals surface area contributed by atoms with Gasteiger partial charge in [0.2, 0.25) is 0 Å². The van der Waals surface area contributed by atoms with E-state index >= 15 is 0 Å². The predicted octanol–water partition coefficient (Wildman–Crippen LogP) is 7.92. The van der Waals surface area contributed by atoms with Crippen LogP contribution < -0.4 is 0 Å². The minimum absolute atomic E-state index is 5.36. The molecule has 0 aromatic heterocycles. The number of hydrogen-bond acceptors (Lipinski definition) is 0. The summed E-state index contributed by atoms with van der Waals surface area (Å²) in [6, 6.07) is 0. The van der Waals surface area contributed by atoms with Crippen molar-refractivity contribution >= 4 is 0 Å². The molecule has 0 aliphatic heterocycles. The fraction of sp³-hybridized carbons (Fsp3) is 1.00. The van der Waals surface area contributed by atoms with E-state index in [1.54, 1.807) is 0 Å². The van der Waals surface area contributed by atoms with E-state index in [1.165, 1.54) is 0 Å². The first-order valence-corrected chi connectivity index (χ1v) is 7.40. The second-order valence-electron chi connectivity index (χ2n) is 6.45. The molecule has 0 saturated heterocycles. The van der Waals surface area contributed by atoms with E-state index < -0.39 is 72.3 Å². The van der Waals surface area contributed by atoms with Crippen LogP contribution in [-0.4, -0.2) is 65.9 Å². The van der Waals surface area contributed by atoms with Gasteiger partial charge in [-0.15, -0.1) is 0 Å². The van der Waals surface area contributed by atoms with Crippen LogP contribution in [0.3, 0.4) is 0 Å². The lowest BCUT2D eigenvalue weighted by molar-refractivity contribution is -0.446. The van der Waals surface area contributed by atoms with Gasteiger partial charge in [-0.05, 0) is 0 Å². The third-order valence-corrected chi connectivity index (χ3v) is 3.99. The van der Waals surface area contributed by atoms with Gasteiger partial charge < -0.3 is 0 Å². The maximum Gasteiger partial charge on any atom is 0.460 e. The molecule has 0 spiro atoms. The van der Waals surface area contributed by atoms with Crippen molar-refractivity contribution < 1.29 is 101 Å². The molecule has 0 nitrogen and oxygen atoms in total. The zero-order valence-electron chi connectivity index (χ0n) is 15.0. The Balaban J connectivity index is 6.69. The van der Waals surface area contributed by atoms with E-state index in [0.717, 1.165) is 0 Å². The van der Waals surface area contributed by atoms with Gasteiger partial charge in [-0.25, -0.2) is 8.78 Å². The van der Waals surface area contributed by atoms with Crippen molar-refractivity contribution in [2.75, 3.05) is 0 Å². The topological polar surface area (TPSA) is 0 Å². The summed E-state index contributed by atoms with van der Waals surface area (Å²) >= 11 is 0. The summed E-state index contributed by atoms with van der Waals surface area (Å²) in [7, 11) is 0. The second-order valence-corrected chi connectivity index (χ2v) is 6.45. The van der Waals surface area contributed by atoms with Crippen molar-refractivity contribution in [3.63, 3.8) is 0 Å². The average Bonchev–Trinajstić information content (AvgIpc) is 2.58. The monoisotopic (exact) mass is 584 g/mol. The fourth-order valence-corrected chi connectivity index (χ4v) is 1.88. The Morgan fingerprint density at radius 3 is 0.857 bits per heavy atom. The number of alkyl halides is 23. The van der Waals surface area contributed by atoms with Gasteiger partial charge in [-0.1, -0.05) is 0 Å². The van der Waals surface area contributed by atoms with Crippen LogP contribution in [0.25, 0.3) is 0 Å². The van der Waals surface area contributed by atoms with Gasteiger partial charge in [0.15, 0.2) is 0 Å². The summed E-state index contributed by atoms with van der Waals surface area (Å²) < 4.78 is 293. The Labute approximate surface area is 175 Å². The highest BCUT2D eigenvalue weighted by molar-refractivity contribution is 5.13. The van der Waals surface area contributed by atoms with Gasteiger partial charge in [0, 0.05) is 0 Å². The molecule has 0 radical (unpaired) electrons. The largest absolute Gasteiger partial charge is 0.460 e. The molecule has 0 atom stereocenters. The summed E-state index contributed by atoms with van der Waals surface area (Å²) in [6.07, 6.45) is -19.3. The second kappa shape index (κ2) is 8.20. The average molecular weight is 584 g/mol. The number of halogens is 23. The first kappa shape index (κ1) is 33.4. The summed E-state index contributed by atoms with van der Waals surface area (Å²) in [5, 5.41) is 0. The van der Waals surface area contributed by atoms with Gasteiger partial charge in [-0.2, -0.15) is 92.2 Å². The molecule has 0 saturated carbocycles. The first-order valence-electron chi connectivity index (χ1n) is 7.40. The number of rotatable bonds is 10. The Morgan fingerprint density at radius 2 is 0.600 bits per heavy atom. The highest BCUT2D eigenvalue weighted by Crippen LogP contribution is 2.63. The van der Waals surface area contributed by atoms with Crippen molar-refractivity contribution in [2.45, 2.75) is 72.3 Å². The highest BCUT2D eigenvalue weighted by atomic mass is 19.4. The fourth-order valence-electron chi connectivity index (χ4n) is 1.88. The van der Waals surface area contributed by atoms with Crippen LogP contribution in [0, 0.1) is 0 Å². The molecule has 0 aliphatic carbocycles. The molecule has 212 valence electrons. The highest BCUT2D eigenvalue weighted by Gasteiger charge is 2.92. The van der Waals surface area contributed by atoms with Crippen LogP contribution in [-0.2, 0) is 0 Å². The molecular weight excluding hydrogens is 581 g/mol. The van der Waals surface area contributed by atoms with E-state index in [1.807, 2.05) is 0 Å². The summed E-state index contributed by atoms with van der Waals surface area (Å²) in [4.78, 5) is 0. The molecule has 0 rings (SSSR count). The maximum absolute atomic E-state index is 13.3. The van der Waals surface area contributed by atoms with E-state index in [-0.39, 0.29) is 0 Å². The smallest absolute Gasteiger partial charge is 0.203 e. The van der Waals surface area contributed by atoms with Crippen molar-refractivity contribution in [1.82, 2.24) is 0 Å². The Kier molecular flexibility index (Phi) is 7.82. The SMILES string of the molecule is FC(F)C(F)(F)C(F)(F)C(F)(F)C(F)(F)CC(F)(F)C(F)(F)C(F)(F)C(F)(F)C(F)(F)C(F)(F)F. The van der Waals surface area contributed by atoms with Gasteiger partial charge in [-0.3, -0.25) is 0 Å². The van der Waals surface area contributed by atoms with Crippen LogP contribution in [0.15, 0.2) is 0 Å². The molecule has 0 aliphatic rings. The van der Waals surface area contributed by atoms with Crippen molar-refractivity contribution in [2.24, 2.45) is 0 Å². The lowest BCUT2D eigenvalue weighted by Crippen LogP contribution is -2.71. The van der Waals surface area contributed by atoms with Gasteiger partial charge >= 0.3 is 65.9 Å². The van der Waals surface area contributed by atoms with Crippen molar-refractivity contribution in [1.29, 1.82) is 0 Å². The lowest BCUT2D eigenvalue weighted by Gasteiger charge is -2.42. The standard InChI is InChI=1S/C12H3F23/c13-2(14)5(19,20)8(25,26)6(21,22)3(15,16)1-4(17,18)7(23,24)9(27,28)10(29,30)11(31,32)12(33,34)35/h2H,1H2. The molecule has 0 aromatic carbocycles. The van der Waals surface area contributed by atoms with Gasteiger partial charge in [0.05, 0.1) is 6.42 Å².